The van der Waals surface area contributed by atoms with Gasteiger partial charge in [-0.25, -0.2) is 4.79 Å². The average molecular weight is 866 g/mol. The number of methoxy groups -OCH3 is 3. The Balaban J connectivity index is 1.29. The molecule has 10 rings (SSSR count). The van der Waals surface area contributed by atoms with Gasteiger partial charge in [-0.1, -0.05) is 26.0 Å². The summed E-state index contributed by atoms with van der Waals surface area (Å²) < 4.78 is 31.5. The van der Waals surface area contributed by atoms with E-state index in [-0.39, 0.29) is 24.3 Å². The fourth-order valence-corrected chi connectivity index (χ4v) is 14.2. The van der Waals surface area contributed by atoms with E-state index in [2.05, 4.69) is 45.2 Å². The van der Waals surface area contributed by atoms with Gasteiger partial charge < -0.3 is 44.0 Å². The summed E-state index contributed by atoms with van der Waals surface area (Å²) in [4.78, 5) is 66.8. The van der Waals surface area contributed by atoms with Crippen LogP contribution in [-0.2, 0) is 50.6 Å². The highest BCUT2D eigenvalue weighted by Crippen LogP contribution is 2.80. The van der Waals surface area contributed by atoms with E-state index >= 15 is 4.79 Å². The Morgan fingerprint density at radius 3 is 2.46 bits per heavy atom. The first-order valence-electron chi connectivity index (χ1n) is 22.4. The van der Waals surface area contributed by atoms with Gasteiger partial charge in [-0.15, -0.1) is 0 Å². The lowest BCUT2D eigenvalue weighted by Gasteiger charge is -2.58. The molecule has 7 heterocycles. The summed E-state index contributed by atoms with van der Waals surface area (Å²) >= 11 is 0. The molecule has 10 atom stereocenters. The minimum absolute atomic E-state index is 0.150. The Hall–Kier alpha value is -4.96. The maximum Gasteiger partial charge on any atom is 0.347 e. The van der Waals surface area contributed by atoms with Gasteiger partial charge in [0, 0.05) is 98.1 Å². The van der Waals surface area contributed by atoms with Gasteiger partial charge in [0.05, 0.1) is 32.3 Å². The number of nitrogens with zero attached hydrogens (tertiary/aromatic N) is 3. The zero-order chi connectivity index (χ0) is 44.6. The standard InChI is InChI=1S/C48H59N5O10/c1-9-43(58)23-28-24-45(41(56)60-7,37-30(14-18-52(25-28)26-43)31-20-29(38(55)49-4)12-13-34(31)50-37)33-21-32-35(22-36(33)59-6)51(5)48-46(32)16-19-53-17-11-15-44(10-2,39(46)53)40(62-27(3)54)47(48,63-48)42(57)61-8/h11-13,15,20-22,28,39-40,50,58H,9-10,14,16-19,23-26H2,1-8H3,(H,49,55)/t28-,39+,40-,43+,44-,45+,46-,47+,48+/m1/s1. The lowest BCUT2D eigenvalue weighted by atomic mass is 9.49. The molecule has 2 bridgehead atoms. The average Bonchev–Trinajstić information content (AvgIpc) is 3.53. The number of piperidine rings is 1. The molecule has 336 valence electrons. The molecule has 1 saturated carbocycles. The van der Waals surface area contributed by atoms with E-state index < -0.39 is 57.2 Å². The number of epoxide rings is 1. The number of ether oxygens (including phenoxy) is 5. The number of carbonyl (C=O) groups is 4. The summed E-state index contributed by atoms with van der Waals surface area (Å²) in [6, 6.07) is 9.34. The van der Waals surface area contributed by atoms with Crippen molar-refractivity contribution in [2.45, 2.75) is 99.2 Å². The van der Waals surface area contributed by atoms with Crippen LogP contribution in [0.25, 0.3) is 10.9 Å². The van der Waals surface area contributed by atoms with Crippen molar-refractivity contribution in [3.63, 3.8) is 0 Å². The van der Waals surface area contributed by atoms with Crippen LogP contribution in [0.15, 0.2) is 42.5 Å². The zero-order valence-electron chi connectivity index (χ0n) is 37.5. The quantitative estimate of drug-likeness (QED) is 0.130. The van der Waals surface area contributed by atoms with Gasteiger partial charge in [0.25, 0.3) is 11.5 Å². The minimum Gasteiger partial charge on any atom is -0.496 e. The number of hydrogen-bond donors (Lipinski definition) is 3. The monoisotopic (exact) mass is 865 g/mol. The minimum atomic E-state index is -1.69. The van der Waals surface area contributed by atoms with Crippen molar-refractivity contribution in [3.05, 3.63) is 70.4 Å². The highest BCUT2D eigenvalue weighted by atomic mass is 16.7. The second kappa shape index (κ2) is 14.0. The predicted molar refractivity (Wildman–Crippen MR) is 232 cm³/mol. The zero-order valence-corrected chi connectivity index (χ0v) is 37.5. The van der Waals surface area contributed by atoms with Crippen LogP contribution in [0.4, 0.5) is 5.69 Å². The molecule has 7 aliphatic rings. The van der Waals surface area contributed by atoms with Crippen LogP contribution in [0, 0.1) is 11.3 Å². The largest absolute Gasteiger partial charge is 0.496 e. The van der Waals surface area contributed by atoms with E-state index in [4.69, 9.17) is 23.7 Å². The van der Waals surface area contributed by atoms with Crippen LogP contribution >= 0.6 is 0 Å². The maximum atomic E-state index is 15.5. The number of amides is 1. The summed E-state index contributed by atoms with van der Waals surface area (Å²) in [6.45, 7) is 8.56. The number of carbonyl (C=O) groups excluding carboxylic acids is 4. The molecule has 1 amide bonds. The van der Waals surface area contributed by atoms with Crippen LogP contribution in [0.3, 0.4) is 0 Å². The number of anilines is 1. The molecule has 63 heavy (non-hydrogen) atoms. The summed E-state index contributed by atoms with van der Waals surface area (Å²) in [5.41, 5.74) is -2.21. The number of benzene rings is 2. The van der Waals surface area contributed by atoms with E-state index in [1.165, 1.54) is 21.1 Å². The maximum absolute atomic E-state index is 15.5. The summed E-state index contributed by atoms with van der Waals surface area (Å²) in [7, 11) is 7.87. The third-order valence-corrected chi connectivity index (χ3v) is 16.6. The Kier molecular flexibility index (Phi) is 9.35. The van der Waals surface area contributed by atoms with Gasteiger partial charge in [-0.3, -0.25) is 24.2 Å². The van der Waals surface area contributed by atoms with Gasteiger partial charge >= 0.3 is 17.9 Å². The second-order valence-electron chi connectivity index (χ2n) is 19.1. The molecule has 3 N–H and O–H groups in total. The number of H-pyrrole nitrogens is 1. The summed E-state index contributed by atoms with van der Waals surface area (Å²) in [5.74, 6) is -1.56. The number of nitrogens with one attached hydrogen (secondary N) is 2. The molecule has 6 aliphatic heterocycles. The Morgan fingerprint density at radius 2 is 1.78 bits per heavy atom. The van der Waals surface area contributed by atoms with Crippen LogP contribution in [0.2, 0.25) is 0 Å². The van der Waals surface area contributed by atoms with Gasteiger partial charge in [0.15, 0.2) is 11.8 Å². The first-order valence-corrected chi connectivity index (χ1v) is 22.4. The van der Waals surface area contributed by atoms with Crippen molar-refractivity contribution in [2.75, 3.05) is 73.0 Å². The van der Waals surface area contributed by atoms with Gasteiger partial charge in [-0.2, -0.15) is 0 Å². The smallest absolute Gasteiger partial charge is 0.347 e. The second-order valence-corrected chi connectivity index (χ2v) is 19.1. The molecule has 2 aromatic carbocycles. The summed E-state index contributed by atoms with van der Waals surface area (Å²) in [5, 5.41) is 15.7. The Labute approximate surface area is 367 Å². The third kappa shape index (κ3) is 5.05. The number of esters is 3. The number of hydrogen-bond acceptors (Lipinski definition) is 13. The van der Waals surface area contributed by atoms with Crippen molar-refractivity contribution in [3.8, 4) is 5.75 Å². The van der Waals surface area contributed by atoms with Gasteiger partial charge in [-0.05, 0) is 86.4 Å². The number of aromatic amines is 1. The Morgan fingerprint density at radius 1 is 1.00 bits per heavy atom. The molecule has 1 aromatic heterocycles. The first-order chi connectivity index (χ1) is 30.1. The number of rotatable bonds is 8. The molecule has 3 aromatic rings. The SMILES string of the molecule is CC[C@]1(O)C[C@H]2CN(CCc3c([nH]c4ccc(C(=O)NC)cc34)[C@@](C(=O)OC)(c3cc4c(cc3OC)N(C)[C@@]35O[C@]3(C(=O)OC)[C@H](OC(C)=O)[C@]3(CC)C=CCN6CC[C@]45[C@@H]63)C2)C1. The Bertz CT molecular complexity index is 2500. The molecule has 2 spiro atoms. The van der Waals surface area contributed by atoms with Crippen LogP contribution in [0.5, 0.6) is 5.75 Å². The molecule has 15 nitrogen and oxygen atoms in total. The van der Waals surface area contributed by atoms with Gasteiger partial charge in [0.2, 0.25) is 0 Å². The summed E-state index contributed by atoms with van der Waals surface area (Å²) in [6.07, 6.45) is 6.20. The number of fused-ring (bicyclic) bond motifs is 6. The van der Waals surface area contributed by atoms with Crippen molar-refractivity contribution < 1.29 is 48.0 Å². The van der Waals surface area contributed by atoms with E-state index in [1.807, 2.05) is 37.1 Å². The predicted octanol–water partition coefficient (Wildman–Crippen LogP) is 3.72. The van der Waals surface area contributed by atoms with Crippen molar-refractivity contribution in [2.24, 2.45) is 11.3 Å². The van der Waals surface area contributed by atoms with E-state index in [9.17, 15) is 19.5 Å². The highest BCUT2D eigenvalue weighted by molar-refractivity contribution is 6.01. The molecule has 1 unspecified atom stereocenters. The van der Waals surface area contributed by atoms with Crippen LogP contribution in [-0.4, -0.2) is 141 Å². The van der Waals surface area contributed by atoms with E-state index in [0.717, 1.165) is 27.7 Å². The lowest BCUT2D eigenvalue weighted by molar-refractivity contribution is -0.178. The van der Waals surface area contributed by atoms with Crippen LogP contribution < -0.4 is 15.0 Å². The molecular formula is C48H59N5O10. The number of aromatic nitrogens is 1. The van der Waals surface area contributed by atoms with Crippen molar-refractivity contribution in [1.29, 1.82) is 0 Å². The van der Waals surface area contributed by atoms with Crippen LogP contribution in [0.1, 0.15) is 85.6 Å². The fourth-order valence-electron chi connectivity index (χ4n) is 14.2. The molecule has 4 fully saturated rings. The number of likely N-dealkylation sites (N-methyl/N-ethyl adjacent to an activating group) is 1. The van der Waals surface area contributed by atoms with Crippen molar-refractivity contribution >= 4 is 40.4 Å². The molecule has 15 heteroatoms. The molecule has 1 aliphatic carbocycles. The molecular weight excluding hydrogens is 807 g/mol. The lowest BCUT2D eigenvalue weighted by Crippen LogP contribution is -2.75. The first kappa shape index (κ1) is 42.0. The molecule has 3 saturated heterocycles. The normalized spacial score (nSPS) is 36.9. The van der Waals surface area contributed by atoms with Crippen molar-refractivity contribution in [1.82, 2.24) is 20.1 Å². The van der Waals surface area contributed by atoms with E-state index in [1.54, 1.807) is 20.2 Å². The van der Waals surface area contributed by atoms with Gasteiger partial charge in [0.1, 0.15) is 11.2 Å². The highest BCUT2D eigenvalue weighted by Gasteiger charge is 2.98. The fraction of sp³-hybridized carbons (Fsp3) is 0.583. The topological polar surface area (TPSA) is 176 Å². The number of aliphatic hydroxyl groups is 1. The third-order valence-electron chi connectivity index (χ3n) is 16.6. The van der Waals surface area contributed by atoms with E-state index in [0.29, 0.717) is 87.4 Å². The molecule has 0 radical (unpaired) electrons.